The van der Waals surface area contributed by atoms with Crippen molar-refractivity contribution in [3.05, 3.63) is 0 Å². The van der Waals surface area contributed by atoms with Gasteiger partial charge in [0.25, 0.3) is 0 Å². The zero-order valence-electron chi connectivity index (χ0n) is 8.89. The predicted molar refractivity (Wildman–Crippen MR) is 50.3 cm³/mol. The molecule has 0 aliphatic heterocycles. The second kappa shape index (κ2) is 3.24. The predicted octanol–water partition coefficient (Wildman–Crippen LogP) is 1.41. The molecule has 0 unspecified atom stereocenters. The number of hydrogen-bond acceptors (Lipinski definition) is 0. The first-order valence-corrected chi connectivity index (χ1v) is 4.01. The van der Waals surface area contributed by atoms with Crippen LogP contribution >= 0.6 is 0 Å². The first kappa shape index (κ1) is 10.5. The van der Waals surface area contributed by atoms with Crippen molar-refractivity contribution in [3.63, 3.8) is 0 Å². The fourth-order valence-corrected chi connectivity index (χ4v) is 0.785. The minimum Gasteiger partial charge on any atom is -0.271 e. The van der Waals surface area contributed by atoms with Crippen LogP contribution in [0.5, 0.6) is 0 Å². The molecule has 0 saturated carbocycles. The topological polar surface area (TPSA) is 6.25 Å². The molecule has 0 aliphatic carbocycles. The Morgan fingerprint density at radius 1 is 1.18 bits per heavy atom. The van der Waals surface area contributed by atoms with Gasteiger partial charge >= 0.3 is 0 Å². The van der Waals surface area contributed by atoms with E-state index in [2.05, 4.69) is 58.3 Å². The fourth-order valence-electron chi connectivity index (χ4n) is 0.785. The summed E-state index contributed by atoms with van der Waals surface area (Å²) in [5.74, 6) is 1.29. The van der Waals surface area contributed by atoms with Gasteiger partial charge in [0, 0.05) is 6.92 Å². The van der Waals surface area contributed by atoms with Crippen LogP contribution < -0.4 is 0 Å². The lowest BCUT2D eigenvalue weighted by atomic mass is 10.1. The molecule has 2 heteroatoms. The second-order valence-corrected chi connectivity index (χ2v) is 4.17. The van der Waals surface area contributed by atoms with Crippen molar-refractivity contribution in [2.75, 3.05) is 21.1 Å². The second-order valence-electron chi connectivity index (χ2n) is 4.17. The number of rotatable bonds is 0. The monoisotopic (exact) mass is 157 g/mol. The highest BCUT2D eigenvalue weighted by atomic mass is 15.2. The Balaban J connectivity index is 4.52. The van der Waals surface area contributed by atoms with Crippen LogP contribution in [0, 0.1) is 0 Å². The Bertz CT molecular complexity index is 159. The highest BCUT2D eigenvalue weighted by Gasteiger charge is 2.24. The molecule has 0 spiro atoms. The van der Waals surface area contributed by atoms with Gasteiger partial charge in [0.1, 0.15) is 0 Å². The number of nitrogens with zero attached hydrogens (tertiary/aromatic N) is 2. The lowest BCUT2D eigenvalue weighted by Gasteiger charge is -2.27. The largest absolute Gasteiger partial charge is 0.271 e. The molecule has 0 bridgehead atoms. The molecule has 66 valence electrons. The van der Waals surface area contributed by atoms with Gasteiger partial charge in [-0.3, -0.25) is 9.48 Å². The third-order valence-corrected chi connectivity index (χ3v) is 2.14. The maximum Gasteiger partial charge on any atom is 0.243 e. The van der Waals surface area contributed by atoms with E-state index in [0.717, 1.165) is 0 Å². The quantitative estimate of drug-likeness (QED) is 0.293. The molecular formula is C9H21N2+. The maximum absolute atomic E-state index is 2.27. The summed E-state index contributed by atoms with van der Waals surface area (Å²) >= 11 is 0. The van der Waals surface area contributed by atoms with Gasteiger partial charge < -0.3 is 0 Å². The standard InChI is InChI=1S/C9H21N2/c1-8(10(5)6)11(7)9(2,3)4/h1-7H3/q+1. The van der Waals surface area contributed by atoms with Crippen LogP contribution in [0.15, 0.2) is 0 Å². The van der Waals surface area contributed by atoms with Crippen molar-refractivity contribution in [2.24, 2.45) is 0 Å². The van der Waals surface area contributed by atoms with Gasteiger partial charge in [-0.15, -0.1) is 0 Å². The molecular weight excluding hydrogens is 136 g/mol. The third kappa shape index (κ3) is 2.91. The Kier molecular flexibility index (Phi) is 3.09. The SMILES string of the molecule is CC(N(C)C(C)(C)C)=[N+](C)C. The average molecular weight is 157 g/mol. The van der Waals surface area contributed by atoms with Gasteiger partial charge in [-0.2, -0.15) is 0 Å². The summed E-state index contributed by atoms with van der Waals surface area (Å²) < 4.78 is 2.13. The van der Waals surface area contributed by atoms with E-state index in [0.29, 0.717) is 0 Å². The molecule has 0 aromatic rings. The van der Waals surface area contributed by atoms with Crippen LogP contribution in [0.3, 0.4) is 0 Å². The van der Waals surface area contributed by atoms with Gasteiger partial charge in [0.15, 0.2) is 0 Å². The summed E-state index contributed by atoms with van der Waals surface area (Å²) in [4.78, 5) is 2.27. The van der Waals surface area contributed by atoms with E-state index in [9.17, 15) is 0 Å². The summed E-state index contributed by atoms with van der Waals surface area (Å²) in [6, 6.07) is 0. The van der Waals surface area contributed by atoms with Crippen LogP contribution in [0.2, 0.25) is 0 Å². The average Bonchev–Trinajstić information content (AvgIpc) is 1.82. The molecule has 0 aliphatic rings. The number of hydrogen-bond donors (Lipinski definition) is 0. The third-order valence-electron chi connectivity index (χ3n) is 2.14. The van der Waals surface area contributed by atoms with Gasteiger partial charge in [-0.05, 0) is 20.8 Å². The zero-order chi connectivity index (χ0) is 9.23. The van der Waals surface area contributed by atoms with Crippen LogP contribution in [-0.2, 0) is 0 Å². The smallest absolute Gasteiger partial charge is 0.243 e. The maximum atomic E-state index is 2.27. The Hall–Kier alpha value is -0.530. The van der Waals surface area contributed by atoms with E-state index < -0.39 is 0 Å². The van der Waals surface area contributed by atoms with Gasteiger partial charge in [0.05, 0.1) is 26.7 Å². The molecule has 0 amide bonds. The summed E-state index contributed by atoms with van der Waals surface area (Å²) in [6.07, 6.45) is 0. The van der Waals surface area contributed by atoms with E-state index in [1.165, 1.54) is 5.84 Å². The highest BCUT2D eigenvalue weighted by Crippen LogP contribution is 2.10. The molecule has 0 N–H and O–H groups in total. The summed E-state index contributed by atoms with van der Waals surface area (Å²) in [6.45, 7) is 8.76. The van der Waals surface area contributed by atoms with Gasteiger partial charge in [0.2, 0.25) is 5.84 Å². The van der Waals surface area contributed by atoms with Crippen LogP contribution in [-0.4, -0.2) is 42.0 Å². The molecule has 0 atom stereocenters. The first-order chi connectivity index (χ1) is 4.76. The fraction of sp³-hybridized carbons (Fsp3) is 0.889. The first-order valence-electron chi connectivity index (χ1n) is 4.01. The Morgan fingerprint density at radius 2 is 1.55 bits per heavy atom. The van der Waals surface area contributed by atoms with E-state index in [1.54, 1.807) is 0 Å². The molecule has 0 rings (SSSR count). The van der Waals surface area contributed by atoms with Crippen molar-refractivity contribution in [3.8, 4) is 0 Å². The van der Waals surface area contributed by atoms with Crippen LogP contribution in [0.1, 0.15) is 27.7 Å². The molecule has 0 fully saturated rings. The lowest BCUT2D eigenvalue weighted by molar-refractivity contribution is -0.471. The molecule has 0 heterocycles. The summed E-state index contributed by atoms with van der Waals surface area (Å²) in [7, 11) is 6.25. The van der Waals surface area contributed by atoms with Crippen molar-refractivity contribution in [1.82, 2.24) is 4.90 Å². The highest BCUT2D eigenvalue weighted by molar-refractivity contribution is 5.74. The molecule has 0 radical (unpaired) electrons. The zero-order valence-corrected chi connectivity index (χ0v) is 8.89. The molecule has 0 aromatic heterocycles. The van der Waals surface area contributed by atoms with Gasteiger partial charge in [-0.1, -0.05) is 0 Å². The molecule has 11 heavy (non-hydrogen) atoms. The van der Waals surface area contributed by atoms with Crippen molar-refractivity contribution in [2.45, 2.75) is 33.2 Å². The van der Waals surface area contributed by atoms with E-state index >= 15 is 0 Å². The lowest BCUT2D eigenvalue weighted by Crippen LogP contribution is -2.44. The summed E-state index contributed by atoms with van der Waals surface area (Å²) in [5.41, 5.74) is 0.217. The summed E-state index contributed by atoms with van der Waals surface area (Å²) in [5, 5.41) is 0. The molecule has 0 saturated heterocycles. The van der Waals surface area contributed by atoms with Crippen molar-refractivity contribution >= 4 is 5.84 Å². The minimum absolute atomic E-state index is 0.217. The van der Waals surface area contributed by atoms with Crippen LogP contribution in [0.4, 0.5) is 0 Å². The van der Waals surface area contributed by atoms with Gasteiger partial charge in [-0.25, -0.2) is 0 Å². The normalized spacial score (nSPS) is 11.2. The van der Waals surface area contributed by atoms with Crippen molar-refractivity contribution < 1.29 is 4.58 Å². The Labute approximate surface area is 70.5 Å². The molecule has 0 aromatic carbocycles. The van der Waals surface area contributed by atoms with Crippen molar-refractivity contribution in [1.29, 1.82) is 0 Å². The van der Waals surface area contributed by atoms with Crippen LogP contribution in [0.25, 0.3) is 0 Å². The minimum atomic E-state index is 0.217. The van der Waals surface area contributed by atoms with E-state index in [4.69, 9.17) is 0 Å². The van der Waals surface area contributed by atoms with E-state index in [1.807, 2.05) is 0 Å². The Morgan fingerprint density at radius 3 is 1.64 bits per heavy atom. The molecule has 2 nitrogen and oxygen atoms in total. The van der Waals surface area contributed by atoms with E-state index in [-0.39, 0.29) is 5.54 Å². The number of amidine groups is 1.